The lowest BCUT2D eigenvalue weighted by atomic mass is 10.0. The molecule has 0 radical (unpaired) electrons. The molecular weight excluding hydrogens is 478 g/mol. The van der Waals surface area contributed by atoms with Gasteiger partial charge in [-0.1, -0.05) is 12.1 Å². The number of nitrogens with one attached hydrogen (secondary N) is 1. The number of rotatable bonds is 3. The van der Waals surface area contributed by atoms with E-state index < -0.39 is 23.7 Å². The Kier molecular flexibility index (Phi) is 5.24. The molecule has 36 heavy (non-hydrogen) atoms. The molecule has 0 aliphatic heterocycles. The molecule has 1 amide bonds. The third-order valence-corrected chi connectivity index (χ3v) is 6.20. The lowest BCUT2D eigenvalue weighted by Gasteiger charge is -2.12. The summed E-state index contributed by atoms with van der Waals surface area (Å²) in [7, 11) is 4.52. The topological polar surface area (TPSA) is 73.8 Å². The summed E-state index contributed by atoms with van der Waals surface area (Å²) in [5, 5.41) is 2.34. The average Bonchev–Trinajstić information content (AvgIpc) is 3.34. The van der Waals surface area contributed by atoms with E-state index in [-0.39, 0.29) is 28.0 Å². The van der Waals surface area contributed by atoms with Gasteiger partial charge in [-0.3, -0.25) is 18.5 Å². The van der Waals surface area contributed by atoms with Crippen LogP contribution >= 0.6 is 0 Å². The van der Waals surface area contributed by atoms with Crippen molar-refractivity contribution < 1.29 is 22.4 Å². The van der Waals surface area contributed by atoms with Gasteiger partial charge in [0.25, 0.3) is 5.91 Å². The summed E-state index contributed by atoms with van der Waals surface area (Å²) in [4.78, 5) is 27.9. The summed E-state index contributed by atoms with van der Waals surface area (Å²) in [6, 6.07) is 13.0. The molecule has 0 aliphatic rings. The summed E-state index contributed by atoms with van der Waals surface area (Å²) in [5.74, 6) is -2.47. The predicted octanol–water partition coefficient (Wildman–Crippen LogP) is 4.40. The second-order valence-electron chi connectivity index (χ2n) is 8.32. The van der Waals surface area contributed by atoms with Gasteiger partial charge in [0.1, 0.15) is 5.82 Å². The molecule has 0 bridgehead atoms. The molecule has 0 saturated heterocycles. The van der Waals surface area contributed by atoms with Gasteiger partial charge in [-0.05, 0) is 53.6 Å². The van der Waals surface area contributed by atoms with E-state index in [0.717, 1.165) is 10.6 Å². The van der Waals surface area contributed by atoms with Crippen LogP contribution in [0.2, 0.25) is 0 Å². The molecule has 3 aromatic carbocycles. The monoisotopic (exact) mass is 497 g/mol. The van der Waals surface area contributed by atoms with Crippen molar-refractivity contribution in [2.45, 2.75) is 6.18 Å². The minimum atomic E-state index is -4.77. The van der Waals surface area contributed by atoms with E-state index in [1.54, 1.807) is 26.2 Å². The molecule has 0 aliphatic carbocycles. The van der Waals surface area contributed by atoms with Crippen LogP contribution in [0, 0.1) is 5.82 Å². The number of halogens is 4. The number of benzene rings is 3. The van der Waals surface area contributed by atoms with Crippen LogP contribution in [0.5, 0.6) is 0 Å². The van der Waals surface area contributed by atoms with Crippen LogP contribution in [0.3, 0.4) is 0 Å². The zero-order chi connectivity index (χ0) is 25.9. The zero-order valence-corrected chi connectivity index (χ0v) is 19.3. The van der Waals surface area contributed by atoms with Gasteiger partial charge >= 0.3 is 11.9 Å². The van der Waals surface area contributed by atoms with Crippen molar-refractivity contribution in [3.8, 4) is 16.8 Å². The Labute approximate surface area is 201 Å². The number of amides is 1. The van der Waals surface area contributed by atoms with Gasteiger partial charge in [-0.25, -0.2) is 14.2 Å². The third kappa shape index (κ3) is 3.55. The summed E-state index contributed by atoms with van der Waals surface area (Å²) in [6.07, 6.45) is -4.77. The fourth-order valence-electron chi connectivity index (χ4n) is 4.36. The predicted molar refractivity (Wildman–Crippen MR) is 127 cm³/mol. The summed E-state index contributed by atoms with van der Waals surface area (Å²) in [6.45, 7) is 0. The second kappa shape index (κ2) is 8.08. The Balaban J connectivity index is 1.70. The highest BCUT2D eigenvalue weighted by Gasteiger charge is 2.38. The minimum Gasteiger partial charge on any atom is -0.355 e. The van der Waals surface area contributed by atoms with Crippen molar-refractivity contribution in [2.24, 2.45) is 14.1 Å². The molecule has 2 aromatic heterocycles. The van der Waals surface area contributed by atoms with Gasteiger partial charge < -0.3 is 5.32 Å². The van der Waals surface area contributed by atoms with Gasteiger partial charge in [0.05, 0.1) is 27.6 Å². The standard InChI is InChI=1S/C25H19F4N5O2/c1-30-22(35)16-7-4-13(10-17(16)26)14-5-8-19-18(11-14)31-23(25(27,28)29)34(19)15-6-9-20-21(12-15)33(3)24(36)32(20)2/h4-12H,1-3H3,(H,30,35). The molecule has 11 heteroatoms. The number of alkyl halides is 3. The highest BCUT2D eigenvalue weighted by Crippen LogP contribution is 2.36. The summed E-state index contributed by atoms with van der Waals surface area (Å²) < 4.78 is 60.3. The first-order valence-electron chi connectivity index (χ1n) is 10.8. The Morgan fingerprint density at radius 2 is 1.53 bits per heavy atom. The maximum atomic E-state index is 14.5. The van der Waals surface area contributed by atoms with Crippen molar-refractivity contribution in [3.05, 3.63) is 82.3 Å². The van der Waals surface area contributed by atoms with E-state index >= 15 is 0 Å². The molecule has 0 fully saturated rings. The molecule has 0 unspecified atom stereocenters. The molecule has 5 aromatic rings. The first kappa shape index (κ1) is 23.3. The quantitative estimate of drug-likeness (QED) is 0.376. The average molecular weight is 497 g/mol. The minimum absolute atomic E-state index is 0.0534. The van der Waals surface area contributed by atoms with Gasteiger partial charge in [0.15, 0.2) is 0 Å². The number of nitrogens with zero attached hydrogens (tertiary/aromatic N) is 4. The normalized spacial score (nSPS) is 12.0. The Morgan fingerprint density at radius 3 is 2.19 bits per heavy atom. The molecule has 1 N–H and O–H groups in total. The van der Waals surface area contributed by atoms with E-state index in [2.05, 4.69) is 10.3 Å². The number of aryl methyl sites for hydroxylation is 2. The number of imidazole rings is 2. The van der Waals surface area contributed by atoms with Crippen molar-refractivity contribution in [1.29, 1.82) is 0 Å². The number of hydrogen-bond donors (Lipinski definition) is 1. The number of aromatic nitrogens is 4. The number of fused-ring (bicyclic) bond motifs is 2. The molecule has 5 rings (SSSR count). The van der Waals surface area contributed by atoms with E-state index in [1.807, 2.05) is 0 Å². The Hall–Kier alpha value is -4.41. The molecule has 2 heterocycles. The van der Waals surface area contributed by atoms with Gasteiger partial charge in [0.2, 0.25) is 5.82 Å². The van der Waals surface area contributed by atoms with Crippen LogP contribution in [-0.2, 0) is 20.3 Å². The maximum Gasteiger partial charge on any atom is 0.450 e. The fourth-order valence-corrected chi connectivity index (χ4v) is 4.36. The van der Waals surface area contributed by atoms with E-state index in [0.29, 0.717) is 22.2 Å². The van der Waals surface area contributed by atoms with E-state index in [9.17, 15) is 27.2 Å². The summed E-state index contributed by atoms with van der Waals surface area (Å²) >= 11 is 0. The van der Waals surface area contributed by atoms with Crippen LogP contribution in [0.4, 0.5) is 17.6 Å². The van der Waals surface area contributed by atoms with Crippen LogP contribution in [0.1, 0.15) is 16.2 Å². The van der Waals surface area contributed by atoms with Crippen LogP contribution < -0.4 is 11.0 Å². The third-order valence-electron chi connectivity index (χ3n) is 6.20. The maximum absolute atomic E-state index is 14.5. The Morgan fingerprint density at radius 1 is 0.889 bits per heavy atom. The lowest BCUT2D eigenvalue weighted by Crippen LogP contribution is -2.19. The van der Waals surface area contributed by atoms with Crippen molar-refractivity contribution in [2.75, 3.05) is 7.05 Å². The second-order valence-corrected chi connectivity index (χ2v) is 8.32. The van der Waals surface area contributed by atoms with Crippen LogP contribution in [0.25, 0.3) is 38.9 Å². The van der Waals surface area contributed by atoms with Crippen molar-refractivity contribution in [3.63, 3.8) is 0 Å². The largest absolute Gasteiger partial charge is 0.450 e. The molecule has 0 atom stereocenters. The summed E-state index contributed by atoms with van der Waals surface area (Å²) in [5.41, 5.74) is 1.85. The highest BCUT2D eigenvalue weighted by atomic mass is 19.4. The van der Waals surface area contributed by atoms with Crippen LogP contribution in [-0.4, -0.2) is 31.6 Å². The lowest BCUT2D eigenvalue weighted by molar-refractivity contribution is -0.145. The fraction of sp³-hybridized carbons (Fsp3) is 0.160. The molecular formula is C25H19F4N5O2. The molecule has 0 spiro atoms. The molecule has 7 nitrogen and oxygen atoms in total. The Bertz CT molecular complexity index is 1740. The zero-order valence-electron chi connectivity index (χ0n) is 19.3. The van der Waals surface area contributed by atoms with E-state index in [4.69, 9.17) is 0 Å². The first-order chi connectivity index (χ1) is 17.0. The van der Waals surface area contributed by atoms with Crippen LogP contribution in [0.15, 0.2) is 59.4 Å². The van der Waals surface area contributed by atoms with Crippen molar-refractivity contribution >= 4 is 28.0 Å². The van der Waals surface area contributed by atoms with Crippen molar-refractivity contribution in [1.82, 2.24) is 24.0 Å². The molecule has 184 valence electrons. The highest BCUT2D eigenvalue weighted by molar-refractivity contribution is 5.95. The van der Waals surface area contributed by atoms with Gasteiger partial charge in [0, 0.05) is 26.8 Å². The first-order valence-corrected chi connectivity index (χ1v) is 10.8. The molecule has 0 saturated carbocycles. The SMILES string of the molecule is CNC(=O)c1ccc(-c2ccc3c(c2)nc(C(F)(F)F)n3-c2ccc3c(c2)n(C)c(=O)n3C)cc1F. The van der Waals surface area contributed by atoms with E-state index in [1.165, 1.54) is 52.6 Å². The van der Waals surface area contributed by atoms with Gasteiger partial charge in [-0.2, -0.15) is 13.2 Å². The number of carbonyl (C=O) groups is 1. The smallest absolute Gasteiger partial charge is 0.355 e. The number of carbonyl (C=O) groups excluding carboxylic acids is 1. The van der Waals surface area contributed by atoms with Gasteiger partial charge in [-0.15, -0.1) is 0 Å². The number of hydrogen-bond acceptors (Lipinski definition) is 3.